The number of aromatic amines is 1. The van der Waals surface area contributed by atoms with Crippen LogP contribution in [0.5, 0.6) is 0 Å². The van der Waals surface area contributed by atoms with Gasteiger partial charge in [-0.3, -0.25) is 9.89 Å². The third-order valence-corrected chi connectivity index (χ3v) is 2.40. The van der Waals surface area contributed by atoms with Crippen molar-refractivity contribution < 1.29 is 20.4 Å². The summed E-state index contributed by atoms with van der Waals surface area (Å²) in [6.45, 7) is -0.780. The van der Waals surface area contributed by atoms with Gasteiger partial charge in [-0.1, -0.05) is 0 Å². The molecule has 0 aliphatic rings. The molecule has 17 heavy (non-hydrogen) atoms. The molecular weight excluding hydrogens is 252 g/mol. The van der Waals surface area contributed by atoms with E-state index in [0.29, 0.717) is 4.68 Å². The molecule has 0 aromatic carbocycles. The number of H-pyrrole nitrogens is 1. The fourth-order valence-electron chi connectivity index (χ4n) is 1.10. The van der Waals surface area contributed by atoms with Gasteiger partial charge < -0.3 is 26.3 Å². The lowest BCUT2D eigenvalue weighted by Gasteiger charge is -2.20. The van der Waals surface area contributed by atoms with Crippen LogP contribution < -0.4 is 11.4 Å². The summed E-state index contributed by atoms with van der Waals surface area (Å²) < 4.78 is 0.363. The van der Waals surface area contributed by atoms with Gasteiger partial charge in [0.25, 0.3) is 5.56 Å². The van der Waals surface area contributed by atoms with Gasteiger partial charge in [0.2, 0.25) is 4.77 Å². The molecule has 0 saturated heterocycles. The van der Waals surface area contributed by atoms with Crippen molar-refractivity contribution in [3.05, 3.63) is 20.8 Å². The first-order valence-electron chi connectivity index (χ1n) is 4.52. The van der Waals surface area contributed by atoms with Gasteiger partial charge in [0.1, 0.15) is 18.3 Å². The van der Waals surface area contributed by atoms with Crippen molar-refractivity contribution in [3.8, 4) is 0 Å². The van der Waals surface area contributed by atoms with E-state index in [9.17, 15) is 15.0 Å². The van der Waals surface area contributed by atoms with Crippen molar-refractivity contribution in [2.24, 2.45) is 0 Å². The summed E-state index contributed by atoms with van der Waals surface area (Å²) in [7, 11) is 0. The van der Waals surface area contributed by atoms with E-state index in [0.717, 1.165) is 0 Å². The minimum absolute atomic E-state index is 0.164. The number of nitrogens with one attached hydrogen (secondary N) is 1. The highest BCUT2D eigenvalue weighted by atomic mass is 32.1. The zero-order valence-electron chi connectivity index (χ0n) is 8.52. The largest absolute Gasteiger partial charge is 0.394 e. The molecule has 0 bridgehead atoms. The van der Waals surface area contributed by atoms with Gasteiger partial charge in [-0.2, -0.15) is 9.77 Å². The van der Waals surface area contributed by atoms with Crippen molar-refractivity contribution in [2.75, 3.05) is 12.4 Å². The highest BCUT2D eigenvalue weighted by molar-refractivity contribution is 7.71. The Bertz CT molecular complexity index is 500. The maximum Gasteiger partial charge on any atom is 0.297 e. The molecule has 1 rings (SSSR count). The Balaban J connectivity index is 3.14. The van der Waals surface area contributed by atoms with Crippen LogP contribution in [0.3, 0.4) is 0 Å². The lowest BCUT2D eigenvalue weighted by Crippen LogP contribution is -2.40. The van der Waals surface area contributed by atoms with Gasteiger partial charge in [-0.25, -0.2) is 0 Å². The zero-order chi connectivity index (χ0) is 13.2. The number of aromatic nitrogens is 3. The highest BCUT2D eigenvalue weighted by Crippen LogP contribution is 2.13. The Hall–Kier alpha value is -1.33. The first-order valence-corrected chi connectivity index (χ1v) is 4.92. The van der Waals surface area contributed by atoms with Crippen molar-refractivity contribution in [2.45, 2.75) is 18.3 Å². The average Bonchev–Trinajstić information content (AvgIpc) is 2.33. The molecule has 3 atom stereocenters. The van der Waals surface area contributed by atoms with Crippen molar-refractivity contribution in [3.63, 3.8) is 0 Å². The molecule has 1 aromatic rings. The van der Waals surface area contributed by atoms with Crippen molar-refractivity contribution in [1.82, 2.24) is 14.9 Å². The van der Waals surface area contributed by atoms with Crippen LogP contribution in [0.25, 0.3) is 0 Å². The first-order chi connectivity index (χ1) is 7.90. The van der Waals surface area contributed by atoms with Crippen LogP contribution in [0.15, 0.2) is 4.79 Å². The number of nitrogens with two attached hydrogens (primary N) is 1. The summed E-state index contributed by atoms with van der Waals surface area (Å²) in [6.07, 6.45) is -5.18. The number of rotatable bonds is 4. The van der Waals surface area contributed by atoms with E-state index in [4.69, 9.17) is 16.1 Å². The predicted molar refractivity (Wildman–Crippen MR) is 57.9 cm³/mol. The van der Waals surface area contributed by atoms with Crippen LogP contribution in [0.1, 0.15) is 11.8 Å². The molecule has 10 heteroatoms. The highest BCUT2D eigenvalue weighted by Gasteiger charge is 2.29. The maximum atomic E-state index is 11.5. The Morgan fingerprint density at radius 2 is 2.06 bits per heavy atom. The van der Waals surface area contributed by atoms with E-state index in [1.807, 2.05) is 0 Å². The number of hydrogen-bond donors (Lipinski definition) is 6. The number of aliphatic hydroxyl groups is 4. The Morgan fingerprint density at radius 1 is 1.47 bits per heavy atom. The van der Waals surface area contributed by atoms with Gasteiger partial charge in [0.15, 0.2) is 5.69 Å². The second-order valence-corrected chi connectivity index (χ2v) is 3.66. The fraction of sp³-hybridized carbons (Fsp3) is 0.571. The molecule has 0 spiro atoms. The number of nitrogen functional groups attached to an aromatic ring is 1. The van der Waals surface area contributed by atoms with Crippen molar-refractivity contribution in [1.29, 1.82) is 0 Å². The zero-order valence-corrected chi connectivity index (χ0v) is 9.33. The molecule has 0 aliphatic heterocycles. The quantitative estimate of drug-likeness (QED) is 0.244. The monoisotopic (exact) mass is 264 g/mol. The SMILES string of the molecule is Nn1c(=S)[nH]nc([C@H](O)[C@H](O)[C@@H](O)CO)c1=O. The minimum atomic E-state index is -1.80. The van der Waals surface area contributed by atoms with Crippen LogP contribution in [0, 0.1) is 4.77 Å². The first kappa shape index (κ1) is 13.7. The minimum Gasteiger partial charge on any atom is -0.394 e. The fourth-order valence-corrected chi connectivity index (χ4v) is 1.23. The summed E-state index contributed by atoms with van der Waals surface area (Å²) in [6, 6.07) is 0. The second-order valence-electron chi connectivity index (χ2n) is 3.27. The van der Waals surface area contributed by atoms with Gasteiger partial charge in [-0.15, -0.1) is 0 Å². The summed E-state index contributed by atoms with van der Waals surface area (Å²) in [5.41, 5.74) is -1.42. The van der Waals surface area contributed by atoms with Gasteiger partial charge in [0, 0.05) is 0 Å². The average molecular weight is 264 g/mol. The summed E-state index contributed by atoms with van der Waals surface area (Å²) in [4.78, 5) is 11.5. The van der Waals surface area contributed by atoms with Crippen molar-refractivity contribution >= 4 is 12.2 Å². The molecule has 0 aliphatic carbocycles. The standard InChI is InChI=1S/C7H12N4O5S/c8-11-6(16)3(9-10-7(11)17)5(15)4(14)2(13)1-12/h2,4-5,12-15H,1,8H2,(H,10,17)/t2-,4+,5-/m0/s1. The van der Waals surface area contributed by atoms with Gasteiger partial charge >= 0.3 is 0 Å². The van der Waals surface area contributed by atoms with Crippen LogP contribution >= 0.6 is 12.2 Å². The topological polar surface area (TPSA) is 158 Å². The number of aliphatic hydroxyl groups excluding tert-OH is 4. The molecule has 1 aromatic heterocycles. The summed E-state index contributed by atoms with van der Waals surface area (Å²) in [5.74, 6) is 5.25. The molecule has 0 radical (unpaired) electrons. The molecule has 7 N–H and O–H groups in total. The van der Waals surface area contributed by atoms with E-state index in [1.165, 1.54) is 0 Å². The molecule has 0 saturated carbocycles. The van der Waals surface area contributed by atoms with E-state index in [-0.39, 0.29) is 4.77 Å². The van der Waals surface area contributed by atoms with Gasteiger partial charge in [-0.05, 0) is 12.2 Å². The molecule has 0 amide bonds. The number of hydrogen-bond acceptors (Lipinski definition) is 8. The molecule has 9 nitrogen and oxygen atoms in total. The van der Waals surface area contributed by atoms with E-state index in [1.54, 1.807) is 0 Å². The van der Waals surface area contributed by atoms with Crippen LogP contribution in [-0.2, 0) is 0 Å². The van der Waals surface area contributed by atoms with Crippen LogP contribution in [-0.4, -0.2) is 54.1 Å². The Labute approximate surface area is 99.7 Å². The normalized spacial score (nSPS) is 16.5. The Kier molecular flexibility index (Phi) is 4.31. The molecule has 0 fully saturated rings. The van der Waals surface area contributed by atoms with E-state index >= 15 is 0 Å². The van der Waals surface area contributed by atoms with E-state index in [2.05, 4.69) is 22.4 Å². The smallest absolute Gasteiger partial charge is 0.297 e. The van der Waals surface area contributed by atoms with Crippen LogP contribution in [0.4, 0.5) is 0 Å². The Morgan fingerprint density at radius 3 is 2.59 bits per heavy atom. The summed E-state index contributed by atoms with van der Waals surface area (Å²) in [5, 5.41) is 42.3. The molecule has 96 valence electrons. The van der Waals surface area contributed by atoms with E-state index < -0.39 is 36.2 Å². The second kappa shape index (κ2) is 5.33. The summed E-state index contributed by atoms with van der Waals surface area (Å²) >= 11 is 4.61. The lowest BCUT2D eigenvalue weighted by molar-refractivity contribution is -0.0797. The molecular formula is C7H12N4O5S. The third kappa shape index (κ3) is 2.68. The third-order valence-electron chi connectivity index (χ3n) is 2.11. The number of nitrogens with zero attached hydrogens (tertiary/aromatic N) is 2. The molecule has 1 heterocycles. The lowest BCUT2D eigenvalue weighted by atomic mass is 10.1. The van der Waals surface area contributed by atoms with Gasteiger partial charge in [0.05, 0.1) is 6.61 Å². The molecule has 0 unspecified atom stereocenters. The van der Waals surface area contributed by atoms with Crippen LogP contribution in [0.2, 0.25) is 0 Å². The maximum absolute atomic E-state index is 11.5. The predicted octanol–water partition coefficient (Wildman–Crippen LogP) is -3.24.